The quantitative estimate of drug-likeness (QED) is 0.455. The van der Waals surface area contributed by atoms with Gasteiger partial charge in [-0.25, -0.2) is 0 Å². The zero-order chi connectivity index (χ0) is 21.9. The predicted molar refractivity (Wildman–Crippen MR) is 120 cm³/mol. The van der Waals surface area contributed by atoms with E-state index in [0.29, 0.717) is 5.56 Å². The Labute approximate surface area is 213 Å². The first-order chi connectivity index (χ1) is 14.0. The number of hydrogen-bond donors (Lipinski definition) is 1. The van der Waals surface area contributed by atoms with Gasteiger partial charge in [-0.05, 0) is 13.8 Å². The van der Waals surface area contributed by atoms with Gasteiger partial charge < -0.3 is 26.7 Å². The molecule has 1 radical (unpaired) electrons. The molecule has 1 N–H and O–H groups in total. The van der Waals surface area contributed by atoms with Crippen LogP contribution in [0.4, 0.5) is 0 Å². The fraction of sp³-hybridized carbons (Fsp3) is 0.440. The summed E-state index contributed by atoms with van der Waals surface area (Å²) in [7, 11) is 0. The van der Waals surface area contributed by atoms with E-state index < -0.39 is 30.4 Å². The number of hydrogen-bond acceptors (Lipinski definition) is 5. The summed E-state index contributed by atoms with van der Waals surface area (Å²) in [4.78, 5) is 12.3. The molecule has 2 aromatic rings. The second kappa shape index (κ2) is 16.7. The van der Waals surface area contributed by atoms with E-state index in [2.05, 4.69) is 6.07 Å². The molecule has 4 atom stereocenters. The van der Waals surface area contributed by atoms with Crippen molar-refractivity contribution in [2.24, 2.45) is 0 Å². The number of rotatable bonds is 2. The van der Waals surface area contributed by atoms with E-state index >= 15 is 0 Å². The average molecular weight is 505 g/mol. The summed E-state index contributed by atoms with van der Waals surface area (Å²) in [6.07, 6.45) is -3.26. The Morgan fingerprint density at radius 2 is 1.45 bits per heavy atom. The van der Waals surface area contributed by atoms with E-state index in [-0.39, 0.29) is 45.9 Å². The molecule has 0 aromatic heterocycles. The van der Waals surface area contributed by atoms with Gasteiger partial charge in [-0.1, -0.05) is 58.0 Å². The van der Waals surface area contributed by atoms with Gasteiger partial charge in [0, 0.05) is 38.3 Å². The summed E-state index contributed by atoms with van der Waals surface area (Å²) in [6, 6.07) is 21.2. The molecule has 0 saturated carbocycles. The number of Topliss-reactive ketones (excluding diaryl/α,β-unsaturated/α-hetero) is 1. The molecule has 31 heavy (non-hydrogen) atoms. The van der Waals surface area contributed by atoms with Crippen molar-refractivity contribution in [3.63, 3.8) is 0 Å². The molecule has 2 fully saturated rings. The van der Waals surface area contributed by atoms with E-state index in [1.807, 2.05) is 64.1 Å². The standard InChI is InChI=1S/C14H16O5.C6H5.2C2H6.CH3.Y/c1-14(2)18-12-10(16)11(17-13(12)19-14)9(15)8-6-4-3-5-7-8;1-2-4-6-5-3-1;2*1-2;;/h3-7,10-13,16H,1-2H3;1-5H;2*1-2H3;1H3;/q;-1;;;-1;/t10-,11+,12+,13+;;;;;/m1...../s1. The van der Waals surface area contributed by atoms with Crippen molar-refractivity contribution in [2.45, 2.75) is 71.9 Å². The molecule has 0 spiro atoms. The third-order valence-electron chi connectivity index (χ3n) is 3.94. The molecule has 171 valence electrons. The van der Waals surface area contributed by atoms with Gasteiger partial charge in [-0.15, -0.1) is 0 Å². The number of carbonyl (C=O) groups is 1. The van der Waals surface area contributed by atoms with E-state index in [4.69, 9.17) is 14.2 Å². The average Bonchev–Trinajstić information content (AvgIpc) is 3.25. The monoisotopic (exact) mass is 505 g/mol. The molecule has 0 unspecified atom stereocenters. The summed E-state index contributed by atoms with van der Waals surface area (Å²) >= 11 is 0. The normalized spacial score (nSPS) is 24.1. The van der Waals surface area contributed by atoms with Crippen molar-refractivity contribution in [3.8, 4) is 0 Å². The maximum atomic E-state index is 12.3. The van der Waals surface area contributed by atoms with Gasteiger partial charge >= 0.3 is 0 Å². The summed E-state index contributed by atoms with van der Waals surface area (Å²) in [5.41, 5.74) is 0.505. The van der Waals surface area contributed by atoms with Gasteiger partial charge in [0.05, 0.1) is 0 Å². The van der Waals surface area contributed by atoms with Gasteiger partial charge in [-0.2, -0.15) is 36.4 Å². The Hall–Kier alpha value is -0.946. The number of ketones is 1. The van der Waals surface area contributed by atoms with Crippen molar-refractivity contribution in [3.05, 3.63) is 79.7 Å². The van der Waals surface area contributed by atoms with Gasteiger partial charge in [0.15, 0.2) is 24.0 Å². The number of carbonyl (C=O) groups excluding carboxylic acids is 1. The van der Waals surface area contributed by atoms with Crippen molar-refractivity contribution in [1.82, 2.24) is 0 Å². The molecule has 0 aliphatic carbocycles. The fourth-order valence-corrected chi connectivity index (χ4v) is 2.82. The van der Waals surface area contributed by atoms with Gasteiger partial charge in [0.1, 0.15) is 12.2 Å². The minimum Gasteiger partial charge on any atom is -0.387 e. The number of benzene rings is 2. The van der Waals surface area contributed by atoms with E-state index in [0.717, 1.165) is 0 Å². The predicted octanol–water partition coefficient (Wildman–Crippen LogP) is 5.09. The molecule has 4 rings (SSSR count). The smallest absolute Gasteiger partial charge is 0.194 e. The van der Waals surface area contributed by atoms with Crippen molar-refractivity contribution < 1.29 is 56.8 Å². The SMILES string of the molecule is CC.CC.CC1(C)O[C@@H]2O[C@@H](C(=O)c3ccccc3)[C@@H](O)[C@@H]2O1.[CH3-].[Y].[c-]1ccccc1. The van der Waals surface area contributed by atoms with Crippen LogP contribution in [-0.4, -0.2) is 41.3 Å². The first-order valence-electron chi connectivity index (χ1n) is 10.2. The van der Waals surface area contributed by atoms with Crippen LogP contribution in [0.25, 0.3) is 0 Å². The number of aliphatic hydroxyl groups excluding tert-OH is 1. The molecule has 5 nitrogen and oxygen atoms in total. The molecule has 2 saturated heterocycles. The fourth-order valence-electron chi connectivity index (χ4n) is 2.82. The first kappa shape index (κ1) is 32.2. The maximum Gasteiger partial charge on any atom is 0.194 e. The van der Waals surface area contributed by atoms with E-state index in [1.54, 1.807) is 38.1 Å². The van der Waals surface area contributed by atoms with Gasteiger partial charge in [-0.3, -0.25) is 4.79 Å². The zero-order valence-electron chi connectivity index (χ0n) is 19.7. The molecule has 2 aliphatic heterocycles. The zero-order valence-corrected chi connectivity index (χ0v) is 22.6. The first-order valence-corrected chi connectivity index (χ1v) is 10.2. The Morgan fingerprint density at radius 1 is 0.935 bits per heavy atom. The molecule has 0 bridgehead atoms. The summed E-state index contributed by atoms with van der Waals surface area (Å²) < 4.78 is 16.6. The Bertz CT molecular complexity index is 667. The molecular weight excluding hydrogens is 469 g/mol. The number of ether oxygens (including phenoxy) is 3. The molecule has 2 heterocycles. The van der Waals surface area contributed by atoms with Crippen LogP contribution in [-0.2, 0) is 46.9 Å². The minimum atomic E-state index is -1.01. The van der Waals surface area contributed by atoms with Crippen LogP contribution in [0, 0.1) is 13.5 Å². The van der Waals surface area contributed by atoms with Crippen molar-refractivity contribution in [2.75, 3.05) is 0 Å². The van der Waals surface area contributed by atoms with Crippen LogP contribution in [0.5, 0.6) is 0 Å². The second-order valence-corrected chi connectivity index (χ2v) is 6.32. The Balaban J connectivity index is 0. The van der Waals surface area contributed by atoms with Crippen LogP contribution >= 0.6 is 0 Å². The summed E-state index contributed by atoms with van der Waals surface area (Å²) in [5, 5.41) is 10.2. The molecule has 2 aliphatic rings. The number of fused-ring (bicyclic) bond motifs is 1. The summed E-state index contributed by atoms with van der Waals surface area (Å²) in [5.74, 6) is -1.05. The van der Waals surface area contributed by atoms with E-state index in [9.17, 15) is 9.90 Å². The maximum absolute atomic E-state index is 12.3. The molecule has 0 amide bonds. The third kappa shape index (κ3) is 9.60. The van der Waals surface area contributed by atoms with Crippen LogP contribution in [0.1, 0.15) is 51.9 Å². The van der Waals surface area contributed by atoms with Crippen LogP contribution in [0.2, 0.25) is 0 Å². The largest absolute Gasteiger partial charge is 0.387 e. The second-order valence-electron chi connectivity index (χ2n) is 6.32. The Morgan fingerprint density at radius 3 is 1.87 bits per heavy atom. The van der Waals surface area contributed by atoms with Crippen LogP contribution in [0.3, 0.4) is 0 Å². The Kier molecular flexibility index (Phi) is 17.3. The molecule has 2 aromatic carbocycles. The summed E-state index contributed by atoms with van der Waals surface area (Å²) in [6.45, 7) is 11.5. The molecular formula is C25H36O5Y-2. The minimum absolute atomic E-state index is 0. The molecule has 6 heteroatoms. The van der Waals surface area contributed by atoms with Gasteiger partial charge in [0.2, 0.25) is 0 Å². The van der Waals surface area contributed by atoms with Crippen LogP contribution < -0.4 is 0 Å². The third-order valence-corrected chi connectivity index (χ3v) is 3.94. The van der Waals surface area contributed by atoms with Crippen molar-refractivity contribution >= 4 is 5.78 Å². The van der Waals surface area contributed by atoms with E-state index in [1.165, 1.54) is 0 Å². The number of aliphatic hydroxyl groups is 1. The topological polar surface area (TPSA) is 65.0 Å². The van der Waals surface area contributed by atoms with Crippen molar-refractivity contribution in [1.29, 1.82) is 0 Å². The van der Waals surface area contributed by atoms with Crippen LogP contribution in [0.15, 0.2) is 60.7 Å². The van der Waals surface area contributed by atoms with Gasteiger partial charge in [0.25, 0.3) is 0 Å².